The van der Waals surface area contributed by atoms with Gasteiger partial charge in [0.15, 0.2) is 0 Å². The second kappa shape index (κ2) is 13.7. The second-order valence-electron chi connectivity index (χ2n) is 14.6. The third-order valence-corrected chi connectivity index (χ3v) is 11.4. The molecule has 1 aromatic rings. The third-order valence-electron chi connectivity index (χ3n) is 11.4. The van der Waals surface area contributed by atoms with Crippen molar-refractivity contribution >= 4 is 51.7 Å². The molecule has 0 radical (unpaired) electrons. The monoisotopic (exact) mass is 599 g/mol. The van der Waals surface area contributed by atoms with Gasteiger partial charge >= 0.3 is 0 Å². The summed E-state index contributed by atoms with van der Waals surface area (Å²) < 4.78 is 0. The van der Waals surface area contributed by atoms with Crippen molar-refractivity contribution in [3.05, 3.63) is 82.5 Å². The molecule has 2 N–H and O–H groups in total. The maximum atomic E-state index is 12.2. The van der Waals surface area contributed by atoms with Crippen LogP contribution in [0.2, 0.25) is 0 Å². The smallest absolute Gasteiger partial charge is 0.145 e. The van der Waals surface area contributed by atoms with Crippen molar-refractivity contribution in [1.29, 1.82) is 0 Å². The molecule has 1 fully saturated rings. The molecule has 1 aliphatic heterocycles. The summed E-state index contributed by atoms with van der Waals surface area (Å²) in [5.74, 6) is 3.66. The third kappa shape index (κ3) is 6.72. The summed E-state index contributed by atoms with van der Waals surface area (Å²) in [4.78, 5) is 4.76. The first-order valence-electron chi connectivity index (χ1n) is 17.3. The molecule has 3 aliphatic carbocycles. The van der Waals surface area contributed by atoms with Gasteiger partial charge < -0.3 is 10.2 Å². The van der Waals surface area contributed by atoms with Crippen LogP contribution in [0.15, 0.2) is 70.8 Å². The summed E-state index contributed by atoms with van der Waals surface area (Å²) in [6.07, 6.45) is 22.8. The summed E-state index contributed by atoms with van der Waals surface area (Å²) in [5, 5.41) is 23.6. The zero-order valence-corrected chi connectivity index (χ0v) is 29.1. The first-order valence-corrected chi connectivity index (χ1v) is 17.3. The minimum atomic E-state index is -0.00460. The minimum Gasteiger partial charge on any atom is -0.508 e. The van der Waals surface area contributed by atoms with E-state index in [1.54, 1.807) is 0 Å². The number of fused-ring (bicyclic) bond motifs is 3. The maximum Gasteiger partial charge on any atom is 0.145 e. The van der Waals surface area contributed by atoms with Gasteiger partial charge in [0.25, 0.3) is 0 Å². The van der Waals surface area contributed by atoms with Gasteiger partial charge in [0.05, 0.1) is 6.04 Å². The van der Waals surface area contributed by atoms with Gasteiger partial charge in [-0.3, -0.25) is 4.99 Å². The van der Waals surface area contributed by atoms with Crippen molar-refractivity contribution < 1.29 is 10.2 Å². The summed E-state index contributed by atoms with van der Waals surface area (Å²) in [6.45, 7) is 13.3. The van der Waals surface area contributed by atoms with E-state index in [0.717, 1.165) is 45.1 Å². The fourth-order valence-electron chi connectivity index (χ4n) is 8.52. The maximum absolute atomic E-state index is 12.2. The topological polar surface area (TPSA) is 52.8 Å². The van der Waals surface area contributed by atoms with Crippen LogP contribution >= 0.6 is 0 Å². The van der Waals surface area contributed by atoms with Gasteiger partial charge in [0.2, 0.25) is 0 Å². The first-order chi connectivity index (χ1) is 21.4. The fourth-order valence-corrected chi connectivity index (χ4v) is 8.52. The summed E-state index contributed by atoms with van der Waals surface area (Å²) >= 11 is 0. The zero-order valence-electron chi connectivity index (χ0n) is 29.1. The van der Waals surface area contributed by atoms with Crippen LogP contribution in [0.25, 0.3) is 5.57 Å². The number of hydrogen-bond donors (Lipinski definition) is 2. The lowest BCUT2D eigenvalue weighted by molar-refractivity contribution is 0.310. The van der Waals surface area contributed by atoms with Crippen molar-refractivity contribution in [3.8, 4) is 11.5 Å². The molecule has 45 heavy (non-hydrogen) atoms. The number of aromatic hydroxyl groups is 2. The van der Waals surface area contributed by atoms with Crippen molar-refractivity contribution in [2.75, 3.05) is 0 Å². The zero-order chi connectivity index (χ0) is 32.6. The standard InChI is InChI=1S/C39H52B3NO2/c1-7-29(31-16-21(2)15-28-17-23(4)36(31)24(28)5)32-20-34(41)38(44)25(6)33(40)19-30(39(45)37(32)42)22(3)10-11-26-12-13-27-9-8-14-43-35(27)18-26/h7-11,14,16-17,19-22,24,26-28,35-36,44-45H,12-13,15,18,40-42H2,1-6H3/b11-10-,29-7+,30-19?,32-20?,33-19?,33-25?,34-20?,37-32?,38-25?,38-34?,39-30?,39-37?/t21?,22-,24?,26?,27?,28?,35?,36-/m1/s1. The van der Waals surface area contributed by atoms with Gasteiger partial charge in [-0.2, -0.15) is 0 Å². The Hall–Kier alpha value is -3.14. The SMILES string of the molecule is Bc1cc([C@H](C)/C=C\C2CCC3C=CC=NC3C2)c(O)c(B)c(/C(=C/C)C2=CC(C)CC3C=C(C)[C@@H]2C3C)cc(B)c(O)c1C. The molecule has 6 heteroatoms. The van der Waals surface area contributed by atoms with Gasteiger partial charge in [0.1, 0.15) is 35.0 Å². The summed E-state index contributed by atoms with van der Waals surface area (Å²) in [7, 11) is 6.06. The molecule has 1 aromatic carbocycles. The molecule has 0 saturated heterocycles. The normalized spacial score (nSPS) is 29.9. The number of nitrogens with zero attached hydrogens (tertiary/aromatic N) is 1. The van der Waals surface area contributed by atoms with Crippen LogP contribution in [0.3, 0.4) is 0 Å². The molecule has 1 saturated carbocycles. The molecule has 0 aromatic heterocycles. The number of allylic oxidation sites excluding steroid dienone is 9. The molecule has 234 valence electrons. The Labute approximate surface area is 275 Å². The Morgan fingerprint density at radius 1 is 0.978 bits per heavy atom. The van der Waals surface area contributed by atoms with E-state index < -0.39 is 0 Å². The molecule has 4 aliphatic rings. The predicted octanol–water partition coefficient (Wildman–Crippen LogP) is 4.59. The van der Waals surface area contributed by atoms with Crippen LogP contribution in [-0.4, -0.2) is 46.0 Å². The second-order valence-corrected chi connectivity index (χ2v) is 14.6. The number of hydrogen-bond acceptors (Lipinski definition) is 3. The van der Waals surface area contributed by atoms with E-state index >= 15 is 0 Å². The van der Waals surface area contributed by atoms with E-state index in [-0.39, 0.29) is 5.92 Å². The van der Waals surface area contributed by atoms with E-state index in [2.05, 4.69) is 89.3 Å². The van der Waals surface area contributed by atoms with E-state index in [1.807, 2.05) is 36.7 Å². The Morgan fingerprint density at radius 3 is 2.47 bits per heavy atom. The molecule has 3 nitrogen and oxygen atoms in total. The van der Waals surface area contributed by atoms with Gasteiger partial charge in [-0.25, -0.2) is 0 Å². The van der Waals surface area contributed by atoms with Gasteiger partial charge in [-0.1, -0.05) is 80.4 Å². The van der Waals surface area contributed by atoms with Crippen molar-refractivity contribution in [3.63, 3.8) is 0 Å². The number of aliphatic imine (C=N–C) groups is 1. The van der Waals surface area contributed by atoms with Gasteiger partial charge in [0, 0.05) is 18.1 Å². The average molecular weight is 599 g/mol. The Morgan fingerprint density at radius 2 is 1.73 bits per heavy atom. The van der Waals surface area contributed by atoms with Crippen LogP contribution in [-0.2, 0) is 0 Å². The molecular formula is C39H52B3NO2. The van der Waals surface area contributed by atoms with Gasteiger partial charge in [-0.05, 0) is 121 Å². The van der Waals surface area contributed by atoms with Gasteiger partial charge in [-0.15, -0.1) is 0 Å². The fraction of sp³-hybridized carbons (Fsp3) is 0.462. The van der Waals surface area contributed by atoms with Crippen LogP contribution in [0.4, 0.5) is 0 Å². The highest BCUT2D eigenvalue weighted by molar-refractivity contribution is 6.39. The van der Waals surface area contributed by atoms with Crippen molar-refractivity contribution in [1.82, 2.24) is 0 Å². The lowest BCUT2D eigenvalue weighted by atomic mass is 9.74. The van der Waals surface area contributed by atoms with E-state index in [4.69, 9.17) is 4.99 Å². The van der Waals surface area contributed by atoms with Crippen LogP contribution in [0.1, 0.15) is 82.9 Å². The van der Waals surface area contributed by atoms with Crippen LogP contribution in [0, 0.1) is 42.4 Å². The highest BCUT2D eigenvalue weighted by atomic mass is 16.3. The van der Waals surface area contributed by atoms with Crippen molar-refractivity contribution in [2.24, 2.45) is 40.5 Å². The van der Waals surface area contributed by atoms with E-state index in [9.17, 15) is 10.2 Å². The lowest BCUT2D eigenvalue weighted by Crippen LogP contribution is -2.27. The average Bonchev–Trinajstić information content (AvgIpc) is 3.23. The number of rotatable bonds is 5. The predicted molar refractivity (Wildman–Crippen MR) is 202 cm³/mol. The quantitative estimate of drug-likeness (QED) is 0.385. The largest absolute Gasteiger partial charge is 0.508 e. The summed E-state index contributed by atoms with van der Waals surface area (Å²) in [5.41, 5.74) is 9.28. The molecule has 0 amide bonds. The summed E-state index contributed by atoms with van der Waals surface area (Å²) in [6, 6.07) is 4.56. The molecular weight excluding hydrogens is 547 g/mol. The van der Waals surface area contributed by atoms with E-state index in [0.29, 0.717) is 53.0 Å². The highest BCUT2D eigenvalue weighted by Crippen LogP contribution is 2.49. The minimum absolute atomic E-state index is 0.00460. The van der Waals surface area contributed by atoms with E-state index in [1.165, 1.54) is 30.4 Å². The molecule has 0 spiro atoms. The highest BCUT2D eigenvalue weighted by Gasteiger charge is 2.38. The Kier molecular flexibility index (Phi) is 10.1. The van der Waals surface area contributed by atoms with Crippen LogP contribution in [0.5, 0.6) is 11.5 Å². The Balaban J connectivity index is 1.63. The molecule has 8 atom stereocenters. The number of dihydropyridines is 1. The molecule has 5 rings (SSSR count). The molecule has 1 heterocycles. The van der Waals surface area contributed by atoms with Crippen molar-refractivity contribution in [2.45, 2.75) is 79.2 Å². The Bertz CT molecular complexity index is 1580. The van der Waals surface area contributed by atoms with Crippen LogP contribution < -0.4 is 16.4 Å². The first kappa shape index (κ1) is 33.2. The molecule has 6 unspecified atom stereocenters. The molecule has 2 bridgehead atoms. The lowest BCUT2D eigenvalue weighted by Gasteiger charge is -2.32.